The second-order valence-electron chi connectivity index (χ2n) is 7.79. The van der Waals surface area contributed by atoms with Crippen LogP contribution in [-0.4, -0.2) is 42.2 Å². The van der Waals surface area contributed by atoms with E-state index in [9.17, 15) is 9.59 Å². The van der Waals surface area contributed by atoms with E-state index in [1.165, 1.54) is 14.0 Å². The number of amides is 1. The maximum Gasteiger partial charge on any atom is 0.338 e. The maximum atomic E-state index is 12.7. The molecule has 1 atom stereocenters. The van der Waals surface area contributed by atoms with Gasteiger partial charge in [0, 0.05) is 11.6 Å². The van der Waals surface area contributed by atoms with Gasteiger partial charge in [0.25, 0.3) is 5.91 Å². The highest BCUT2D eigenvalue weighted by Gasteiger charge is 2.21. The summed E-state index contributed by atoms with van der Waals surface area (Å²) in [5.41, 5.74) is 4.29. The molecule has 0 spiro atoms. The fourth-order valence-corrected chi connectivity index (χ4v) is 3.40. The quantitative estimate of drug-likeness (QED) is 0.387. The third-order valence-electron chi connectivity index (χ3n) is 5.36. The van der Waals surface area contributed by atoms with E-state index < -0.39 is 18.0 Å². The Morgan fingerprint density at radius 2 is 1.74 bits per heavy atom. The van der Waals surface area contributed by atoms with Gasteiger partial charge in [-0.2, -0.15) is 0 Å². The van der Waals surface area contributed by atoms with Crippen molar-refractivity contribution in [3.63, 3.8) is 0 Å². The fraction of sp³-hybridized carbons (Fsp3) is 0.192. The number of H-pyrrole nitrogens is 1. The number of aryl methyl sites for hydroxylation is 1. The van der Waals surface area contributed by atoms with Gasteiger partial charge in [0.15, 0.2) is 6.10 Å². The van der Waals surface area contributed by atoms with Crippen molar-refractivity contribution >= 4 is 28.6 Å². The van der Waals surface area contributed by atoms with Crippen molar-refractivity contribution in [1.29, 1.82) is 0 Å². The van der Waals surface area contributed by atoms with E-state index in [1.54, 1.807) is 43.5 Å². The van der Waals surface area contributed by atoms with Gasteiger partial charge in [0.2, 0.25) is 0 Å². The molecule has 1 unspecified atom stereocenters. The first-order chi connectivity index (χ1) is 16.4. The lowest BCUT2D eigenvalue weighted by Crippen LogP contribution is -2.30. The van der Waals surface area contributed by atoms with E-state index >= 15 is 0 Å². The molecule has 4 aromatic rings. The van der Waals surface area contributed by atoms with Crippen LogP contribution in [0.1, 0.15) is 22.8 Å². The lowest BCUT2D eigenvalue weighted by Gasteiger charge is -2.15. The van der Waals surface area contributed by atoms with E-state index in [-0.39, 0.29) is 0 Å². The van der Waals surface area contributed by atoms with E-state index in [1.807, 2.05) is 31.2 Å². The Hall–Kier alpha value is -4.33. The first-order valence-electron chi connectivity index (χ1n) is 10.7. The molecule has 2 N–H and O–H groups in total. The number of anilines is 1. The van der Waals surface area contributed by atoms with Gasteiger partial charge in [-0.05, 0) is 44.2 Å². The number of esters is 1. The van der Waals surface area contributed by atoms with Gasteiger partial charge in [-0.25, -0.2) is 9.78 Å². The second kappa shape index (κ2) is 9.66. The standard InChI is InChI=1S/C26H25N3O5/c1-15-5-7-17(8-6-15)24-27-20-11-9-18(13-22(20)28-24)26(31)34-16(2)25(30)29-21-12-10-19(32-3)14-23(21)33-4/h5-14,16H,1-4H3,(H,27,28)(H,29,30). The number of aromatic nitrogens is 2. The molecule has 0 radical (unpaired) electrons. The monoisotopic (exact) mass is 459 g/mol. The topological polar surface area (TPSA) is 103 Å². The minimum Gasteiger partial charge on any atom is -0.497 e. The van der Waals surface area contributed by atoms with Crippen molar-refractivity contribution in [2.45, 2.75) is 20.0 Å². The molecule has 1 aromatic heterocycles. The van der Waals surface area contributed by atoms with Gasteiger partial charge in [-0.15, -0.1) is 0 Å². The molecule has 0 aliphatic heterocycles. The number of hydrogen-bond donors (Lipinski definition) is 2. The summed E-state index contributed by atoms with van der Waals surface area (Å²) in [4.78, 5) is 33.1. The summed E-state index contributed by atoms with van der Waals surface area (Å²) in [5, 5.41) is 2.71. The Morgan fingerprint density at radius 3 is 2.44 bits per heavy atom. The Labute approximate surface area is 196 Å². The number of carbonyl (C=O) groups excluding carboxylic acids is 2. The van der Waals surface area contributed by atoms with Gasteiger partial charge in [0.1, 0.15) is 17.3 Å². The highest BCUT2D eigenvalue weighted by molar-refractivity contribution is 5.99. The zero-order valence-electron chi connectivity index (χ0n) is 19.3. The van der Waals surface area contributed by atoms with Gasteiger partial charge in [-0.3, -0.25) is 4.79 Å². The van der Waals surface area contributed by atoms with E-state index in [0.717, 1.165) is 16.6 Å². The molecule has 0 bridgehead atoms. The van der Waals surface area contributed by atoms with Gasteiger partial charge < -0.3 is 24.5 Å². The Morgan fingerprint density at radius 1 is 0.971 bits per heavy atom. The minimum atomic E-state index is -1.03. The van der Waals surface area contributed by atoms with E-state index in [0.29, 0.717) is 34.1 Å². The molecule has 0 saturated heterocycles. The molecule has 0 saturated carbocycles. The molecule has 34 heavy (non-hydrogen) atoms. The van der Waals surface area contributed by atoms with Crippen LogP contribution in [0.5, 0.6) is 11.5 Å². The Balaban J connectivity index is 1.45. The Bertz CT molecular complexity index is 1340. The van der Waals surface area contributed by atoms with Gasteiger partial charge >= 0.3 is 5.97 Å². The highest BCUT2D eigenvalue weighted by atomic mass is 16.5. The number of rotatable bonds is 7. The zero-order chi connectivity index (χ0) is 24.2. The van der Waals surface area contributed by atoms with Crippen molar-refractivity contribution in [1.82, 2.24) is 9.97 Å². The lowest BCUT2D eigenvalue weighted by atomic mass is 10.1. The number of benzene rings is 3. The number of aromatic amines is 1. The largest absolute Gasteiger partial charge is 0.497 e. The summed E-state index contributed by atoms with van der Waals surface area (Å²) in [5.74, 6) is 0.634. The molecule has 0 aliphatic rings. The number of fused-ring (bicyclic) bond motifs is 1. The van der Waals surface area contributed by atoms with Crippen LogP contribution >= 0.6 is 0 Å². The van der Waals surface area contributed by atoms with Crippen molar-refractivity contribution < 1.29 is 23.8 Å². The van der Waals surface area contributed by atoms with Crippen LogP contribution in [0.2, 0.25) is 0 Å². The fourth-order valence-electron chi connectivity index (χ4n) is 3.40. The van der Waals surface area contributed by atoms with Crippen LogP contribution in [0.4, 0.5) is 5.69 Å². The normalized spacial score (nSPS) is 11.6. The van der Waals surface area contributed by atoms with Gasteiger partial charge in [0.05, 0.1) is 36.5 Å². The number of methoxy groups -OCH3 is 2. The number of nitrogens with one attached hydrogen (secondary N) is 2. The van der Waals surface area contributed by atoms with Crippen LogP contribution in [0.15, 0.2) is 60.7 Å². The summed E-state index contributed by atoms with van der Waals surface area (Å²) in [6.07, 6.45) is -1.03. The second-order valence-corrected chi connectivity index (χ2v) is 7.79. The smallest absolute Gasteiger partial charge is 0.338 e. The summed E-state index contributed by atoms with van der Waals surface area (Å²) < 4.78 is 15.8. The molecule has 1 heterocycles. The lowest BCUT2D eigenvalue weighted by molar-refractivity contribution is -0.123. The van der Waals surface area contributed by atoms with Crippen LogP contribution < -0.4 is 14.8 Å². The number of ether oxygens (including phenoxy) is 3. The van der Waals surface area contributed by atoms with Crippen LogP contribution in [0, 0.1) is 6.92 Å². The van der Waals surface area contributed by atoms with Gasteiger partial charge in [-0.1, -0.05) is 29.8 Å². The van der Waals surface area contributed by atoms with Crippen molar-refractivity contribution in [2.24, 2.45) is 0 Å². The Kier molecular flexibility index (Phi) is 6.49. The average molecular weight is 460 g/mol. The zero-order valence-corrected chi connectivity index (χ0v) is 19.3. The number of nitrogens with zero attached hydrogens (tertiary/aromatic N) is 1. The summed E-state index contributed by atoms with van der Waals surface area (Å²) in [7, 11) is 3.03. The van der Waals surface area contributed by atoms with Crippen molar-refractivity contribution in [3.8, 4) is 22.9 Å². The maximum absolute atomic E-state index is 12.7. The first kappa shape index (κ1) is 22.8. The SMILES string of the molecule is COc1ccc(NC(=O)C(C)OC(=O)c2ccc3nc(-c4ccc(C)cc4)[nH]c3c2)c(OC)c1. The predicted molar refractivity (Wildman–Crippen MR) is 129 cm³/mol. The molecule has 0 aliphatic carbocycles. The minimum absolute atomic E-state index is 0.313. The summed E-state index contributed by atoms with van der Waals surface area (Å²) in [6.45, 7) is 3.53. The number of imidazole rings is 1. The van der Waals surface area contributed by atoms with Crippen LogP contribution in [0.25, 0.3) is 22.4 Å². The molecule has 8 nitrogen and oxygen atoms in total. The van der Waals surface area contributed by atoms with Crippen LogP contribution in [-0.2, 0) is 9.53 Å². The number of carbonyl (C=O) groups is 2. The van der Waals surface area contributed by atoms with E-state index in [2.05, 4.69) is 15.3 Å². The summed E-state index contributed by atoms with van der Waals surface area (Å²) >= 11 is 0. The number of hydrogen-bond acceptors (Lipinski definition) is 6. The molecular formula is C26H25N3O5. The van der Waals surface area contributed by atoms with Crippen molar-refractivity contribution in [2.75, 3.05) is 19.5 Å². The molecule has 0 fully saturated rings. The highest BCUT2D eigenvalue weighted by Crippen LogP contribution is 2.29. The summed E-state index contributed by atoms with van der Waals surface area (Å²) in [6, 6.07) is 18.0. The van der Waals surface area contributed by atoms with Crippen LogP contribution in [0.3, 0.4) is 0 Å². The predicted octanol–water partition coefficient (Wildman–Crippen LogP) is 4.74. The first-order valence-corrected chi connectivity index (χ1v) is 10.7. The molecule has 4 rings (SSSR count). The van der Waals surface area contributed by atoms with E-state index in [4.69, 9.17) is 14.2 Å². The third-order valence-corrected chi connectivity index (χ3v) is 5.36. The molecule has 174 valence electrons. The molecule has 1 amide bonds. The van der Waals surface area contributed by atoms with Crippen molar-refractivity contribution in [3.05, 3.63) is 71.8 Å². The third kappa shape index (κ3) is 4.85. The molecule has 3 aromatic carbocycles. The molecule has 8 heteroatoms. The average Bonchev–Trinajstić information content (AvgIpc) is 3.28. The molecular weight excluding hydrogens is 434 g/mol.